The molecule has 0 radical (unpaired) electrons. The Morgan fingerprint density at radius 2 is 1.69 bits per heavy atom. The number of aliphatic hydroxyl groups is 1. The number of aldehydes is 1. The number of hydrogen-bond donors (Lipinski definition) is 2. The Labute approximate surface area is 225 Å². The smallest absolute Gasteiger partial charge is 0.155 e. The van der Waals surface area contributed by atoms with Crippen molar-refractivity contribution in [3.63, 3.8) is 0 Å². The molecule has 3 N–H and O–H groups in total. The molecular formula is C28H42Cl2FNO4. The van der Waals surface area contributed by atoms with Crippen molar-refractivity contribution >= 4 is 35.3 Å². The van der Waals surface area contributed by atoms with Gasteiger partial charge in [-0.05, 0) is 99.7 Å². The van der Waals surface area contributed by atoms with Gasteiger partial charge in [-0.15, -0.1) is 0 Å². The number of carbonyl (C=O) groups is 2. The van der Waals surface area contributed by atoms with Crippen LogP contribution in [0.4, 0.5) is 4.39 Å². The molecule has 6 rings (SSSR count). The molecule has 204 valence electrons. The van der Waals surface area contributed by atoms with Gasteiger partial charge in [-0.3, -0.25) is 4.79 Å². The molecule has 2 unspecified atom stereocenters. The number of methoxy groups -OCH3 is 1. The summed E-state index contributed by atoms with van der Waals surface area (Å²) in [6.45, 7) is 3.64. The van der Waals surface area contributed by atoms with Gasteiger partial charge in [0.1, 0.15) is 19.1 Å². The van der Waals surface area contributed by atoms with E-state index in [1.807, 2.05) is 6.92 Å². The van der Waals surface area contributed by atoms with E-state index in [0.717, 1.165) is 36.2 Å². The molecule has 1 aromatic rings. The highest BCUT2D eigenvalue weighted by Crippen LogP contribution is 2.59. The monoisotopic (exact) mass is 545 g/mol. The van der Waals surface area contributed by atoms with Gasteiger partial charge >= 0.3 is 0 Å². The molecule has 0 spiro atoms. The lowest BCUT2D eigenvalue weighted by Gasteiger charge is -2.54. The highest BCUT2D eigenvalue weighted by atomic mass is 35.5. The number of aliphatic hydroxyl groups excluding tert-OH is 1. The van der Waals surface area contributed by atoms with Gasteiger partial charge in [0.05, 0.1) is 16.7 Å². The Kier molecular flexibility index (Phi) is 12.8. The van der Waals surface area contributed by atoms with Gasteiger partial charge in [-0.25, -0.2) is 4.39 Å². The SMILES string of the molecule is CC1CC[C@H](N)C1F.COCC(C)=O.O=CC12CC3CC(CC(C3)C1)C2.OCc1ccc(Cl)c(Cl)c1. The molecule has 5 aliphatic carbocycles. The van der Waals surface area contributed by atoms with Crippen LogP contribution in [-0.4, -0.2) is 43.1 Å². The number of alkyl halides is 1. The summed E-state index contributed by atoms with van der Waals surface area (Å²) in [4.78, 5) is 21.0. The highest BCUT2D eigenvalue weighted by molar-refractivity contribution is 6.42. The van der Waals surface area contributed by atoms with Crippen LogP contribution in [0.5, 0.6) is 0 Å². The van der Waals surface area contributed by atoms with Gasteiger partial charge in [-0.1, -0.05) is 36.2 Å². The minimum atomic E-state index is -0.741. The lowest BCUT2D eigenvalue weighted by atomic mass is 9.50. The van der Waals surface area contributed by atoms with Crippen molar-refractivity contribution in [3.8, 4) is 0 Å². The summed E-state index contributed by atoms with van der Waals surface area (Å²) in [7, 11) is 1.50. The number of benzene rings is 1. The number of hydrogen-bond acceptors (Lipinski definition) is 5. The van der Waals surface area contributed by atoms with Gasteiger partial charge in [0.2, 0.25) is 0 Å². The fourth-order valence-electron chi connectivity index (χ4n) is 6.36. The van der Waals surface area contributed by atoms with Crippen LogP contribution in [0, 0.1) is 29.1 Å². The number of nitrogens with two attached hydrogens (primary N) is 1. The molecule has 5 saturated carbocycles. The van der Waals surface area contributed by atoms with Crippen LogP contribution in [-0.2, 0) is 20.9 Å². The number of carbonyl (C=O) groups excluding carboxylic acids is 2. The summed E-state index contributed by atoms with van der Waals surface area (Å²) in [5.41, 5.74) is 6.33. The topological polar surface area (TPSA) is 89.6 Å². The van der Waals surface area contributed by atoms with E-state index < -0.39 is 6.17 Å². The third kappa shape index (κ3) is 9.36. The van der Waals surface area contributed by atoms with Crippen LogP contribution in [0.15, 0.2) is 18.2 Å². The number of ketones is 1. The van der Waals surface area contributed by atoms with Crippen molar-refractivity contribution in [3.05, 3.63) is 33.8 Å². The first kappa shape index (κ1) is 31.2. The fraction of sp³-hybridized carbons (Fsp3) is 0.714. The molecule has 0 aliphatic heterocycles. The first-order valence-electron chi connectivity index (χ1n) is 12.9. The van der Waals surface area contributed by atoms with Crippen LogP contribution in [0.1, 0.15) is 70.8 Å². The van der Waals surface area contributed by atoms with Crippen molar-refractivity contribution < 1.29 is 23.8 Å². The summed E-state index contributed by atoms with van der Waals surface area (Å²) in [6, 6.07) is 4.86. The molecule has 0 saturated heterocycles. The van der Waals surface area contributed by atoms with Gasteiger partial charge in [0.25, 0.3) is 0 Å². The average molecular weight is 547 g/mol. The van der Waals surface area contributed by atoms with Crippen molar-refractivity contribution in [2.75, 3.05) is 13.7 Å². The van der Waals surface area contributed by atoms with Crippen molar-refractivity contribution in [2.45, 2.75) is 84.0 Å². The van der Waals surface area contributed by atoms with Crippen LogP contribution in [0.25, 0.3) is 0 Å². The molecule has 0 aromatic heterocycles. The van der Waals surface area contributed by atoms with E-state index >= 15 is 0 Å². The Morgan fingerprint density at radius 3 is 1.97 bits per heavy atom. The van der Waals surface area contributed by atoms with E-state index in [4.69, 9.17) is 34.0 Å². The maximum absolute atomic E-state index is 12.6. The van der Waals surface area contributed by atoms with Crippen molar-refractivity contribution in [1.29, 1.82) is 0 Å². The predicted octanol–water partition coefficient (Wildman–Crippen LogP) is 6.19. The molecule has 8 heteroatoms. The van der Waals surface area contributed by atoms with E-state index in [0.29, 0.717) is 10.0 Å². The zero-order valence-electron chi connectivity index (χ0n) is 21.7. The molecule has 5 fully saturated rings. The average Bonchev–Trinajstić information content (AvgIpc) is 3.12. The minimum Gasteiger partial charge on any atom is -0.392 e. The normalized spacial score (nSPS) is 33.3. The molecular weight excluding hydrogens is 504 g/mol. The maximum atomic E-state index is 12.6. The first-order chi connectivity index (χ1) is 17.0. The number of rotatable bonds is 4. The number of halogens is 3. The summed E-state index contributed by atoms with van der Waals surface area (Å²) in [5.74, 6) is 3.02. The Hall–Kier alpha value is -1.05. The van der Waals surface area contributed by atoms with Crippen LogP contribution in [0.2, 0.25) is 10.0 Å². The number of Topliss-reactive ketones (excluding diaryl/α,β-unsaturated/α-hetero) is 1. The Balaban J connectivity index is 0.000000175. The molecule has 4 bridgehead atoms. The molecule has 5 nitrogen and oxygen atoms in total. The van der Waals surface area contributed by atoms with Gasteiger partial charge in [0.15, 0.2) is 5.78 Å². The van der Waals surface area contributed by atoms with Crippen LogP contribution < -0.4 is 5.73 Å². The lowest BCUT2D eigenvalue weighted by Crippen LogP contribution is -2.46. The summed E-state index contributed by atoms with van der Waals surface area (Å²) in [6.07, 6.45) is 10.4. The van der Waals surface area contributed by atoms with Gasteiger partial charge in [0, 0.05) is 18.6 Å². The van der Waals surface area contributed by atoms with E-state index in [1.54, 1.807) is 18.2 Å². The second kappa shape index (κ2) is 14.8. The summed E-state index contributed by atoms with van der Waals surface area (Å²) >= 11 is 11.3. The van der Waals surface area contributed by atoms with Crippen LogP contribution in [0.3, 0.4) is 0 Å². The molecule has 0 heterocycles. The van der Waals surface area contributed by atoms with E-state index in [9.17, 15) is 14.0 Å². The second-order valence-corrected chi connectivity index (χ2v) is 11.9. The van der Waals surface area contributed by atoms with Crippen molar-refractivity contribution in [2.24, 2.45) is 34.8 Å². The zero-order chi connectivity index (χ0) is 26.9. The molecule has 3 atom stereocenters. The van der Waals surface area contributed by atoms with Gasteiger partial charge < -0.3 is 20.4 Å². The fourth-order valence-corrected chi connectivity index (χ4v) is 6.68. The molecule has 5 aliphatic rings. The highest BCUT2D eigenvalue weighted by Gasteiger charge is 2.50. The quantitative estimate of drug-likeness (QED) is 0.440. The third-order valence-electron chi connectivity index (χ3n) is 7.76. The molecule has 1 aromatic carbocycles. The lowest BCUT2D eigenvalue weighted by molar-refractivity contribution is -0.130. The van der Waals surface area contributed by atoms with E-state index in [1.165, 1.54) is 58.8 Å². The third-order valence-corrected chi connectivity index (χ3v) is 8.50. The number of ether oxygens (including phenoxy) is 1. The van der Waals surface area contributed by atoms with E-state index in [2.05, 4.69) is 4.74 Å². The summed E-state index contributed by atoms with van der Waals surface area (Å²) < 4.78 is 17.0. The van der Waals surface area contributed by atoms with Gasteiger partial charge in [-0.2, -0.15) is 0 Å². The minimum absolute atomic E-state index is 0.00309. The molecule has 0 amide bonds. The van der Waals surface area contributed by atoms with Crippen molar-refractivity contribution in [1.82, 2.24) is 0 Å². The Morgan fingerprint density at radius 1 is 1.14 bits per heavy atom. The first-order valence-corrected chi connectivity index (χ1v) is 13.7. The molecule has 36 heavy (non-hydrogen) atoms. The standard InChI is InChI=1S/C11H16O.C7H6Cl2O.C6H12FN.C4H8O2/c12-7-11-4-8-1-9(5-11)3-10(2-8)6-11;8-6-2-1-5(4-10)3-7(6)9;1-4-2-3-5(8)6(4)7;1-4(5)3-6-2/h7-10H,1-6H2;1-3,10H,4H2;4-6H,2-3,8H2,1H3;3H2,1-2H3/t;;4?,5-,6?;/m..0./s1. The Bertz CT molecular complexity index is 808. The predicted molar refractivity (Wildman–Crippen MR) is 143 cm³/mol. The second-order valence-electron chi connectivity index (χ2n) is 11.1. The van der Waals surface area contributed by atoms with Crippen LogP contribution >= 0.6 is 23.2 Å². The maximum Gasteiger partial charge on any atom is 0.155 e. The largest absolute Gasteiger partial charge is 0.392 e. The zero-order valence-corrected chi connectivity index (χ0v) is 23.2. The summed E-state index contributed by atoms with van der Waals surface area (Å²) in [5, 5.41) is 9.64. The van der Waals surface area contributed by atoms with E-state index in [-0.39, 0.29) is 36.4 Å².